The molecule has 0 bridgehead atoms. The van der Waals surface area contributed by atoms with Crippen molar-refractivity contribution in [3.8, 4) is 0 Å². The Labute approximate surface area is 125 Å². The van der Waals surface area contributed by atoms with Crippen LogP contribution in [-0.4, -0.2) is 47.2 Å². The average molecular weight is 295 g/mol. The van der Waals surface area contributed by atoms with E-state index in [0.717, 1.165) is 19.5 Å². The lowest BCUT2D eigenvalue weighted by Gasteiger charge is -2.35. The number of nitrogens with one attached hydrogen (secondary N) is 1. The fraction of sp³-hybridized carbons (Fsp3) is 0.786. The Morgan fingerprint density at radius 1 is 1.52 bits per heavy atom. The van der Waals surface area contributed by atoms with Crippen LogP contribution in [0.1, 0.15) is 39.0 Å². The van der Waals surface area contributed by atoms with Crippen molar-refractivity contribution in [3.63, 3.8) is 0 Å². The number of nitrogens with two attached hydrogens (primary N) is 1. The Morgan fingerprint density at radius 3 is 2.90 bits per heavy atom. The van der Waals surface area contributed by atoms with Crippen molar-refractivity contribution < 1.29 is 9.21 Å². The predicted molar refractivity (Wildman–Crippen MR) is 79.8 cm³/mol. The van der Waals surface area contributed by atoms with Gasteiger partial charge >= 0.3 is 6.01 Å². The number of likely N-dealkylation sites (tertiary alicyclic amines) is 1. The van der Waals surface area contributed by atoms with Gasteiger partial charge in [-0.1, -0.05) is 25.9 Å². The summed E-state index contributed by atoms with van der Waals surface area (Å²) in [5.74, 6) is 1.64. The molecule has 7 heteroatoms. The first-order chi connectivity index (χ1) is 9.99. The smallest absolute Gasteiger partial charge is 0.322 e. The van der Waals surface area contributed by atoms with Crippen molar-refractivity contribution in [2.24, 2.45) is 17.6 Å². The van der Waals surface area contributed by atoms with Gasteiger partial charge in [0.15, 0.2) is 0 Å². The molecule has 7 nitrogen and oxygen atoms in total. The van der Waals surface area contributed by atoms with Crippen LogP contribution in [0, 0.1) is 11.8 Å². The number of piperidine rings is 1. The second-order valence-electron chi connectivity index (χ2n) is 6.15. The maximum absolute atomic E-state index is 12.0. The number of anilines is 1. The standard InChI is InChI=1S/C14H25N5O2/c1-9(2)13-17-18-14(21-13)16-12(20)8-19-5-4-10(3)11(6-15)7-19/h9-11H,4-8,15H2,1-3H3,(H,16,18,20). The molecular weight excluding hydrogens is 270 g/mol. The third kappa shape index (κ3) is 4.25. The van der Waals surface area contributed by atoms with Crippen LogP contribution in [0.4, 0.5) is 6.01 Å². The van der Waals surface area contributed by atoms with E-state index in [4.69, 9.17) is 10.2 Å². The summed E-state index contributed by atoms with van der Waals surface area (Å²) in [4.78, 5) is 14.2. The molecule has 1 saturated heterocycles. The van der Waals surface area contributed by atoms with Crippen molar-refractivity contribution in [2.75, 3.05) is 31.5 Å². The van der Waals surface area contributed by atoms with Crippen LogP contribution in [0.3, 0.4) is 0 Å². The number of carbonyl (C=O) groups excluding carboxylic acids is 1. The normalized spacial score (nSPS) is 23.5. The molecule has 0 aromatic carbocycles. The van der Waals surface area contributed by atoms with E-state index in [1.807, 2.05) is 13.8 Å². The number of aromatic nitrogens is 2. The zero-order valence-electron chi connectivity index (χ0n) is 13.0. The van der Waals surface area contributed by atoms with Gasteiger partial charge in [-0.25, -0.2) is 0 Å². The molecule has 0 radical (unpaired) electrons. The molecule has 2 atom stereocenters. The molecule has 2 heterocycles. The summed E-state index contributed by atoms with van der Waals surface area (Å²) >= 11 is 0. The zero-order chi connectivity index (χ0) is 15.4. The maximum atomic E-state index is 12.0. The molecule has 1 fully saturated rings. The van der Waals surface area contributed by atoms with E-state index < -0.39 is 0 Å². The first-order valence-electron chi connectivity index (χ1n) is 7.55. The molecule has 2 rings (SSSR count). The van der Waals surface area contributed by atoms with Crippen LogP contribution in [0.15, 0.2) is 4.42 Å². The highest BCUT2D eigenvalue weighted by Crippen LogP contribution is 2.22. The number of hydrogen-bond donors (Lipinski definition) is 2. The Kier molecular flexibility index (Phi) is 5.30. The number of rotatable bonds is 5. The SMILES string of the molecule is CC(C)c1nnc(NC(=O)CN2CCC(C)C(CN)C2)o1. The fourth-order valence-corrected chi connectivity index (χ4v) is 2.56. The molecule has 0 saturated carbocycles. The van der Waals surface area contributed by atoms with Gasteiger partial charge in [-0.2, -0.15) is 0 Å². The minimum absolute atomic E-state index is 0.126. The van der Waals surface area contributed by atoms with Crippen molar-refractivity contribution in [1.82, 2.24) is 15.1 Å². The Balaban J connectivity index is 1.84. The van der Waals surface area contributed by atoms with E-state index in [1.165, 1.54) is 0 Å². The first kappa shape index (κ1) is 15.9. The van der Waals surface area contributed by atoms with Crippen LogP contribution < -0.4 is 11.1 Å². The van der Waals surface area contributed by atoms with Gasteiger partial charge in [-0.05, 0) is 31.3 Å². The second-order valence-corrected chi connectivity index (χ2v) is 6.15. The van der Waals surface area contributed by atoms with E-state index in [-0.39, 0.29) is 17.8 Å². The molecule has 0 aliphatic carbocycles. The molecule has 1 aromatic rings. The summed E-state index contributed by atoms with van der Waals surface area (Å²) in [6.07, 6.45) is 1.08. The minimum atomic E-state index is -0.126. The van der Waals surface area contributed by atoms with Gasteiger partial charge in [0.2, 0.25) is 11.8 Å². The predicted octanol–water partition coefficient (Wildman–Crippen LogP) is 1.05. The van der Waals surface area contributed by atoms with Crippen LogP contribution >= 0.6 is 0 Å². The lowest BCUT2D eigenvalue weighted by atomic mass is 9.87. The first-order valence-corrected chi connectivity index (χ1v) is 7.55. The van der Waals surface area contributed by atoms with Crippen molar-refractivity contribution in [2.45, 2.75) is 33.1 Å². The summed E-state index contributed by atoms with van der Waals surface area (Å²) in [5.41, 5.74) is 5.78. The third-order valence-corrected chi connectivity index (χ3v) is 4.05. The van der Waals surface area contributed by atoms with E-state index in [2.05, 4.69) is 27.3 Å². The Morgan fingerprint density at radius 2 is 2.29 bits per heavy atom. The minimum Gasteiger partial charge on any atom is -0.408 e. The van der Waals surface area contributed by atoms with E-state index in [9.17, 15) is 4.79 Å². The molecule has 118 valence electrons. The average Bonchev–Trinajstić information content (AvgIpc) is 2.89. The third-order valence-electron chi connectivity index (χ3n) is 4.05. The van der Waals surface area contributed by atoms with E-state index in [1.54, 1.807) is 0 Å². The van der Waals surface area contributed by atoms with Gasteiger partial charge in [0.1, 0.15) is 0 Å². The molecule has 3 N–H and O–H groups in total. The zero-order valence-corrected chi connectivity index (χ0v) is 13.0. The van der Waals surface area contributed by atoms with Gasteiger partial charge in [0, 0.05) is 12.5 Å². The molecule has 1 aromatic heterocycles. The molecule has 1 amide bonds. The lowest BCUT2D eigenvalue weighted by Crippen LogP contribution is -2.45. The fourth-order valence-electron chi connectivity index (χ4n) is 2.56. The van der Waals surface area contributed by atoms with Crippen LogP contribution in [0.25, 0.3) is 0 Å². The summed E-state index contributed by atoms with van der Waals surface area (Å²) in [6.45, 7) is 8.93. The van der Waals surface area contributed by atoms with Crippen LogP contribution in [0.5, 0.6) is 0 Å². The summed E-state index contributed by atoms with van der Waals surface area (Å²) in [7, 11) is 0. The molecule has 0 spiro atoms. The topological polar surface area (TPSA) is 97.3 Å². The summed E-state index contributed by atoms with van der Waals surface area (Å²) in [5, 5.41) is 10.4. The van der Waals surface area contributed by atoms with Crippen molar-refractivity contribution in [1.29, 1.82) is 0 Å². The van der Waals surface area contributed by atoms with Gasteiger partial charge in [0.25, 0.3) is 0 Å². The van der Waals surface area contributed by atoms with Crippen molar-refractivity contribution >= 4 is 11.9 Å². The highest BCUT2D eigenvalue weighted by Gasteiger charge is 2.26. The van der Waals surface area contributed by atoms with Gasteiger partial charge in [0.05, 0.1) is 6.54 Å². The quantitative estimate of drug-likeness (QED) is 0.842. The number of hydrogen-bond acceptors (Lipinski definition) is 6. The largest absolute Gasteiger partial charge is 0.408 e. The highest BCUT2D eigenvalue weighted by atomic mass is 16.4. The number of nitrogens with zero attached hydrogens (tertiary/aromatic N) is 3. The van der Waals surface area contributed by atoms with Gasteiger partial charge in [-0.15, -0.1) is 5.10 Å². The van der Waals surface area contributed by atoms with E-state index >= 15 is 0 Å². The van der Waals surface area contributed by atoms with Crippen LogP contribution in [-0.2, 0) is 4.79 Å². The molecule has 21 heavy (non-hydrogen) atoms. The number of carbonyl (C=O) groups is 1. The monoisotopic (exact) mass is 295 g/mol. The Hall–Kier alpha value is -1.47. The Bertz CT molecular complexity index is 474. The summed E-state index contributed by atoms with van der Waals surface area (Å²) < 4.78 is 5.37. The summed E-state index contributed by atoms with van der Waals surface area (Å²) in [6, 6.07) is 0.171. The lowest BCUT2D eigenvalue weighted by molar-refractivity contribution is -0.118. The number of amides is 1. The van der Waals surface area contributed by atoms with Gasteiger partial charge < -0.3 is 10.2 Å². The van der Waals surface area contributed by atoms with E-state index in [0.29, 0.717) is 30.8 Å². The molecular formula is C14H25N5O2. The second kappa shape index (κ2) is 7.00. The van der Waals surface area contributed by atoms with Crippen LogP contribution in [0.2, 0.25) is 0 Å². The maximum Gasteiger partial charge on any atom is 0.322 e. The van der Waals surface area contributed by atoms with Crippen molar-refractivity contribution in [3.05, 3.63) is 5.89 Å². The molecule has 2 unspecified atom stereocenters. The molecule has 1 aliphatic rings. The van der Waals surface area contributed by atoms with Gasteiger partial charge in [-0.3, -0.25) is 15.0 Å². The molecule has 1 aliphatic heterocycles. The highest BCUT2D eigenvalue weighted by molar-refractivity contribution is 5.90.